The van der Waals surface area contributed by atoms with Crippen molar-refractivity contribution in [3.8, 4) is 5.75 Å². The molecule has 4 rings (SSSR count). The molecule has 8 heteroatoms. The number of benzene rings is 2. The van der Waals surface area contributed by atoms with Gasteiger partial charge in [-0.15, -0.1) is 11.6 Å². The summed E-state index contributed by atoms with van der Waals surface area (Å²) in [5, 5.41) is 14.9. The van der Waals surface area contributed by atoms with Crippen LogP contribution in [0.3, 0.4) is 0 Å². The highest BCUT2D eigenvalue weighted by atomic mass is 35.5. The van der Waals surface area contributed by atoms with E-state index in [0.717, 1.165) is 16.5 Å². The highest BCUT2D eigenvalue weighted by molar-refractivity contribution is 6.37. The molecule has 0 spiro atoms. The number of alkyl halides is 1. The maximum Gasteiger partial charge on any atom is 0.271 e. The molecule has 0 aliphatic heterocycles. The first-order valence-corrected chi connectivity index (χ1v) is 10.4. The van der Waals surface area contributed by atoms with E-state index in [1.165, 1.54) is 18.2 Å². The second-order valence-electron chi connectivity index (χ2n) is 7.22. The number of allylic oxidation sites excluding steroid dienone is 4. The van der Waals surface area contributed by atoms with Crippen LogP contribution in [0.5, 0.6) is 5.75 Å². The molecule has 2 atom stereocenters. The number of halogens is 2. The first kappa shape index (κ1) is 21.0. The Morgan fingerprint density at radius 2 is 2.13 bits per heavy atom. The van der Waals surface area contributed by atoms with Gasteiger partial charge in [0.1, 0.15) is 5.75 Å². The molecule has 158 valence electrons. The number of nitrogen functional groups attached to an aromatic ring is 1. The van der Waals surface area contributed by atoms with Gasteiger partial charge in [0.25, 0.3) is 5.91 Å². The predicted octanol–water partition coefficient (Wildman–Crippen LogP) is 4.61. The summed E-state index contributed by atoms with van der Waals surface area (Å²) in [7, 11) is 0. The molecule has 0 saturated carbocycles. The molecule has 0 saturated heterocycles. The first-order chi connectivity index (χ1) is 14.9. The Hall–Kier alpha value is -3.22. The van der Waals surface area contributed by atoms with Crippen LogP contribution in [0.2, 0.25) is 0 Å². The Bertz CT molecular complexity index is 1230. The third-order valence-corrected chi connectivity index (χ3v) is 6.20. The summed E-state index contributed by atoms with van der Waals surface area (Å²) in [6.07, 6.45) is 9.41. The summed E-state index contributed by atoms with van der Waals surface area (Å²) >= 11 is 12.6. The summed E-state index contributed by atoms with van der Waals surface area (Å²) in [4.78, 5) is 12.2. The van der Waals surface area contributed by atoms with Gasteiger partial charge in [0.15, 0.2) is 0 Å². The van der Waals surface area contributed by atoms with E-state index in [1.807, 2.05) is 42.6 Å². The topological polar surface area (TPSA) is 92.6 Å². The number of amides is 1. The number of rotatable bonds is 5. The number of fused-ring (bicyclic) bond motifs is 1. The van der Waals surface area contributed by atoms with Crippen LogP contribution in [0, 0.1) is 5.92 Å². The Labute approximate surface area is 189 Å². The van der Waals surface area contributed by atoms with Gasteiger partial charge in [-0.2, -0.15) is 5.10 Å². The molecular formula is C23H20Cl2N4O2. The Morgan fingerprint density at radius 1 is 1.29 bits per heavy atom. The average Bonchev–Trinajstić information content (AvgIpc) is 3.17. The zero-order chi connectivity index (χ0) is 22.0. The fraction of sp³-hybridized carbons (Fsp3) is 0.130. The second kappa shape index (κ2) is 8.88. The molecule has 0 radical (unpaired) electrons. The number of aromatic hydroxyl groups is 1. The summed E-state index contributed by atoms with van der Waals surface area (Å²) in [6, 6.07) is 12.1. The van der Waals surface area contributed by atoms with Crippen LogP contribution in [-0.4, -0.2) is 27.2 Å². The van der Waals surface area contributed by atoms with E-state index in [1.54, 1.807) is 6.21 Å². The highest BCUT2D eigenvalue weighted by Crippen LogP contribution is 2.30. The molecule has 6 nitrogen and oxygen atoms in total. The van der Waals surface area contributed by atoms with Crippen molar-refractivity contribution in [1.29, 1.82) is 0 Å². The third-order valence-electron chi connectivity index (χ3n) is 5.17. The van der Waals surface area contributed by atoms with Crippen molar-refractivity contribution < 1.29 is 9.90 Å². The number of aromatic nitrogens is 1. The van der Waals surface area contributed by atoms with Gasteiger partial charge in [0.05, 0.1) is 17.3 Å². The lowest BCUT2D eigenvalue weighted by atomic mass is 10.00. The van der Waals surface area contributed by atoms with Gasteiger partial charge in [-0.05, 0) is 36.4 Å². The summed E-state index contributed by atoms with van der Waals surface area (Å²) in [6.45, 7) is 0.692. The third kappa shape index (κ3) is 4.45. The van der Waals surface area contributed by atoms with E-state index in [-0.39, 0.29) is 22.7 Å². The van der Waals surface area contributed by atoms with Crippen molar-refractivity contribution in [1.82, 2.24) is 9.99 Å². The fourth-order valence-electron chi connectivity index (χ4n) is 3.50. The van der Waals surface area contributed by atoms with Crippen LogP contribution in [-0.2, 0) is 6.54 Å². The number of carbonyl (C=O) groups is 1. The molecule has 1 aliphatic rings. The Kier molecular flexibility index (Phi) is 6.02. The number of phenolic OH excluding ortho intramolecular Hbond substituents is 1. The van der Waals surface area contributed by atoms with Crippen molar-refractivity contribution in [3.05, 3.63) is 83.0 Å². The molecular weight excluding hydrogens is 435 g/mol. The van der Waals surface area contributed by atoms with Gasteiger partial charge in [0.2, 0.25) is 0 Å². The zero-order valence-electron chi connectivity index (χ0n) is 16.4. The minimum absolute atomic E-state index is 0.0706. The number of nitrogens with two attached hydrogens (primary N) is 1. The molecule has 1 aromatic heterocycles. The van der Waals surface area contributed by atoms with Crippen LogP contribution < -0.4 is 11.2 Å². The quantitative estimate of drug-likeness (QED) is 0.173. The number of nitrogens with zero attached hydrogens (tertiary/aromatic N) is 2. The van der Waals surface area contributed by atoms with Gasteiger partial charge >= 0.3 is 0 Å². The molecule has 2 aromatic carbocycles. The van der Waals surface area contributed by atoms with E-state index in [0.29, 0.717) is 17.1 Å². The van der Waals surface area contributed by atoms with Crippen LogP contribution in [0.15, 0.2) is 77.0 Å². The molecule has 1 heterocycles. The van der Waals surface area contributed by atoms with Gasteiger partial charge < -0.3 is 15.4 Å². The standard InChI is InChI=1S/C23H20Cl2N4O2/c24-18-5-1-4-16(22(18)25)13-29-10-9-17-15(3-2-6-20(17)29)12-27-28-23(31)14-7-8-21(30)19(26)11-14/h1-12,16,22,30H,13,26H2,(H,28,31)/b27-12+. The van der Waals surface area contributed by atoms with Crippen LogP contribution in [0.25, 0.3) is 10.9 Å². The van der Waals surface area contributed by atoms with E-state index in [9.17, 15) is 9.90 Å². The number of nitrogens with one attached hydrogen (secondary N) is 1. The number of carbonyl (C=O) groups excluding carboxylic acids is 1. The monoisotopic (exact) mass is 454 g/mol. The van der Waals surface area contributed by atoms with Crippen molar-refractivity contribution in [2.75, 3.05) is 5.73 Å². The SMILES string of the molecule is Nc1cc(C(=O)N/N=C/c2cccc3c2ccn3CC2C=CC=C(Cl)C2Cl)ccc1O. The smallest absolute Gasteiger partial charge is 0.271 e. The number of hydrogen-bond acceptors (Lipinski definition) is 4. The maximum absolute atomic E-state index is 12.2. The maximum atomic E-state index is 12.2. The van der Waals surface area contributed by atoms with Gasteiger partial charge in [-0.25, -0.2) is 5.43 Å². The number of phenols is 1. The van der Waals surface area contributed by atoms with E-state index >= 15 is 0 Å². The van der Waals surface area contributed by atoms with E-state index in [2.05, 4.69) is 21.2 Å². The molecule has 3 aromatic rings. The highest BCUT2D eigenvalue weighted by Gasteiger charge is 2.23. The Morgan fingerprint density at radius 3 is 2.94 bits per heavy atom. The van der Waals surface area contributed by atoms with Crippen molar-refractivity contribution >= 4 is 51.9 Å². The van der Waals surface area contributed by atoms with Crippen molar-refractivity contribution in [3.63, 3.8) is 0 Å². The molecule has 0 bridgehead atoms. The molecule has 31 heavy (non-hydrogen) atoms. The normalized spacial score (nSPS) is 18.5. The molecule has 2 unspecified atom stereocenters. The van der Waals surface area contributed by atoms with E-state index < -0.39 is 5.91 Å². The minimum Gasteiger partial charge on any atom is -0.506 e. The van der Waals surface area contributed by atoms with Crippen LogP contribution >= 0.6 is 23.2 Å². The predicted molar refractivity (Wildman–Crippen MR) is 126 cm³/mol. The number of anilines is 1. The molecule has 1 aliphatic carbocycles. The van der Waals surface area contributed by atoms with Gasteiger partial charge in [0, 0.05) is 45.7 Å². The first-order valence-electron chi connectivity index (χ1n) is 9.62. The average molecular weight is 455 g/mol. The fourth-order valence-corrected chi connectivity index (χ4v) is 3.98. The van der Waals surface area contributed by atoms with Crippen molar-refractivity contribution in [2.45, 2.75) is 11.9 Å². The van der Waals surface area contributed by atoms with E-state index in [4.69, 9.17) is 28.9 Å². The molecule has 0 fully saturated rings. The Balaban J connectivity index is 1.50. The summed E-state index contributed by atoms with van der Waals surface area (Å²) < 4.78 is 2.13. The molecule has 1 amide bonds. The minimum atomic E-state index is -0.421. The lowest BCUT2D eigenvalue weighted by molar-refractivity contribution is 0.0955. The number of hydrogen-bond donors (Lipinski definition) is 3. The summed E-state index contributed by atoms with van der Waals surface area (Å²) in [5.74, 6) is -0.405. The second-order valence-corrected chi connectivity index (χ2v) is 8.13. The zero-order valence-corrected chi connectivity index (χ0v) is 17.9. The van der Waals surface area contributed by atoms with Gasteiger partial charge in [-0.1, -0.05) is 35.9 Å². The number of hydrazone groups is 1. The van der Waals surface area contributed by atoms with Crippen LogP contribution in [0.1, 0.15) is 15.9 Å². The summed E-state index contributed by atoms with van der Waals surface area (Å²) in [5.41, 5.74) is 10.4. The van der Waals surface area contributed by atoms with Crippen LogP contribution in [0.4, 0.5) is 5.69 Å². The van der Waals surface area contributed by atoms with Gasteiger partial charge in [-0.3, -0.25) is 4.79 Å². The van der Waals surface area contributed by atoms with Crippen molar-refractivity contribution in [2.24, 2.45) is 11.0 Å². The lowest BCUT2D eigenvalue weighted by Gasteiger charge is -2.22. The largest absolute Gasteiger partial charge is 0.506 e. The molecule has 4 N–H and O–H groups in total. The lowest BCUT2D eigenvalue weighted by Crippen LogP contribution is -2.20.